The van der Waals surface area contributed by atoms with Gasteiger partial charge in [-0.3, -0.25) is 0 Å². The van der Waals surface area contributed by atoms with Crippen LogP contribution in [-0.2, 0) is 0 Å². The van der Waals surface area contributed by atoms with E-state index in [1.807, 2.05) is 18.2 Å². The van der Waals surface area contributed by atoms with Gasteiger partial charge < -0.3 is 16.2 Å². The van der Waals surface area contributed by atoms with Gasteiger partial charge in [-0.25, -0.2) is 4.98 Å². The molecule has 1 aliphatic rings. The van der Waals surface area contributed by atoms with Crippen LogP contribution < -0.4 is 11.1 Å². The molecule has 0 amide bonds. The number of fused-ring (bicyclic) bond motifs is 1. The van der Waals surface area contributed by atoms with Crippen molar-refractivity contribution < 1.29 is 5.11 Å². The normalized spacial score (nSPS) is 24.3. The molecule has 1 saturated carbocycles. The average Bonchev–Trinajstić information content (AvgIpc) is 2.57. The summed E-state index contributed by atoms with van der Waals surface area (Å²) in [6.45, 7) is 0. The summed E-state index contributed by atoms with van der Waals surface area (Å²) < 4.78 is 1.10. The molecule has 0 unspecified atom stereocenters. The van der Waals surface area contributed by atoms with Crippen LogP contribution in [0.5, 0.6) is 0 Å². The molecule has 1 aromatic heterocycles. The summed E-state index contributed by atoms with van der Waals surface area (Å²) in [6, 6.07) is 6.10. The number of nitrogens with one attached hydrogen (secondary N) is 1. The highest BCUT2D eigenvalue weighted by molar-refractivity contribution is 7.22. The number of hydrogen-bond acceptors (Lipinski definition) is 5. The van der Waals surface area contributed by atoms with Gasteiger partial charge in [-0.1, -0.05) is 11.3 Å². The van der Waals surface area contributed by atoms with Crippen LogP contribution in [0.1, 0.15) is 12.8 Å². The van der Waals surface area contributed by atoms with Crippen LogP contribution in [0.3, 0.4) is 0 Å². The van der Waals surface area contributed by atoms with E-state index in [9.17, 15) is 5.11 Å². The minimum Gasteiger partial charge on any atom is -0.399 e. The van der Waals surface area contributed by atoms with Crippen molar-refractivity contribution in [3.8, 4) is 0 Å². The zero-order valence-corrected chi connectivity index (χ0v) is 9.50. The van der Waals surface area contributed by atoms with Crippen molar-refractivity contribution in [1.82, 2.24) is 4.98 Å². The molecule has 3 rings (SSSR count). The number of nitrogen functional groups attached to an aromatic ring is 1. The number of aliphatic hydroxyl groups is 1. The molecule has 0 spiro atoms. The molecule has 0 aliphatic heterocycles. The molecule has 4 N–H and O–H groups in total. The van der Waals surface area contributed by atoms with E-state index in [-0.39, 0.29) is 6.10 Å². The highest BCUT2D eigenvalue weighted by Gasteiger charge is 2.27. The summed E-state index contributed by atoms with van der Waals surface area (Å²) in [7, 11) is 0. The number of nitrogens with two attached hydrogens (primary N) is 1. The number of rotatable bonds is 2. The second-order valence-electron chi connectivity index (χ2n) is 4.21. The van der Waals surface area contributed by atoms with Crippen molar-refractivity contribution >= 4 is 32.4 Å². The maximum atomic E-state index is 9.20. The van der Waals surface area contributed by atoms with E-state index in [0.717, 1.165) is 33.9 Å². The fourth-order valence-electron chi connectivity index (χ4n) is 1.88. The maximum absolute atomic E-state index is 9.20. The molecule has 5 heteroatoms. The van der Waals surface area contributed by atoms with Crippen LogP contribution in [0, 0.1) is 0 Å². The van der Waals surface area contributed by atoms with Crippen LogP contribution in [-0.4, -0.2) is 22.2 Å². The molecule has 1 heterocycles. The van der Waals surface area contributed by atoms with E-state index < -0.39 is 0 Å². The molecule has 4 nitrogen and oxygen atoms in total. The molecule has 2 aromatic rings. The second kappa shape index (κ2) is 3.61. The number of aliphatic hydroxyl groups excluding tert-OH is 1. The van der Waals surface area contributed by atoms with Gasteiger partial charge in [0, 0.05) is 11.7 Å². The Kier molecular flexibility index (Phi) is 2.22. The van der Waals surface area contributed by atoms with Crippen molar-refractivity contribution in [2.24, 2.45) is 0 Å². The first-order valence-electron chi connectivity index (χ1n) is 5.31. The molecule has 1 aliphatic carbocycles. The first-order chi connectivity index (χ1) is 7.70. The number of anilines is 2. The quantitative estimate of drug-likeness (QED) is 0.694. The average molecular weight is 235 g/mol. The number of thiazole rings is 1. The lowest BCUT2D eigenvalue weighted by atomic mass is 9.90. The standard InChI is InChI=1S/C11H13N3OS/c12-6-1-2-9-10(3-6)16-11(14-9)13-7-4-8(15)5-7/h1-3,7-8,15H,4-5,12H2,(H,13,14). The molecule has 16 heavy (non-hydrogen) atoms. The van der Waals surface area contributed by atoms with Gasteiger partial charge in [-0.2, -0.15) is 0 Å². The Morgan fingerprint density at radius 1 is 1.44 bits per heavy atom. The molecular formula is C11H13N3OS. The molecule has 84 valence electrons. The summed E-state index contributed by atoms with van der Waals surface area (Å²) in [4.78, 5) is 4.47. The Morgan fingerprint density at radius 3 is 3.00 bits per heavy atom. The Morgan fingerprint density at radius 2 is 2.25 bits per heavy atom. The number of nitrogens with zero attached hydrogens (tertiary/aromatic N) is 1. The van der Waals surface area contributed by atoms with Gasteiger partial charge in [0.2, 0.25) is 0 Å². The van der Waals surface area contributed by atoms with Crippen LogP contribution in [0.25, 0.3) is 10.2 Å². The van der Waals surface area contributed by atoms with Crippen LogP contribution in [0.4, 0.5) is 10.8 Å². The molecule has 1 fully saturated rings. The summed E-state index contributed by atoms with van der Waals surface area (Å²) in [5, 5.41) is 13.4. The fraction of sp³-hybridized carbons (Fsp3) is 0.364. The van der Waals surface area contributed by atoms with Crippen molar-refractivity contribution in [2.75, 3.05) is 11.1 Å². The largest absolute Gasteiger partial charge is 0.399 e. The molecule has 0 bridgehead atoms. The minimum atomic E-state index is -0.137. The predicted octanol–water partition coefficient (Wildman–Crippen LogP) is 1.81. The van der Waals surface area contributed by atoms with Crippen molar-refractivity contribution in [3.63, 3.8) is 0 Å². The van der Waals surface area contributed by atoms with Crippen molar-refractivity contribution in [2.45, 2.75) is 25.0 Å². The number of benzene rings is 1. The Balaban J connectivity index is 1.82. The van der Waals surface area contributed by atoms with Crippen molar-refractivity contribution in [3.05, 3.63) is 18.2 Å². The number of aromatic nitrogens is 1. The lowest BCUT2D eigenvalue weighted by molar-refractivity contribution is 0.0836. The molecule has 0 saturated heterocycles. The van der Waals surface area contributed by atoms with E-state index in [4.69, 9.17) is 5.73 Å². The zero-order chi connectivity index (χ0) is 11.1. The van der Waals surface area contributed by atoms with E-state index in [1.54, 1.807) is 11.3 Å². The Labute approximate surface area is 97.1 Å². The molecule has 1 aromatic carbocycles. The molecular weight excluding hydrogens is 222 g/mol. The lowest BCUT2D eigenvalue weighted by Crippen LogP contribution is -2.38. The first kappa shape index (κ1) is 9.86. The predicted molar refractivity (Wildman–Crippen MR) is 66.7 cm³/mol. The number of hydrogen-bond donors (Lipinski definition) is 3. The van der Waals surface area contributed by atoms with Crippen LogP contribution in [0.15, 0.2) is 18.2 Å². The summed E-state index contributed by atoms with van der Waals surface area (Å²) >= 11 is 1.61. The monoisotopic (exact) mass is 235 g/mol. The minimum absolute atomic E-state index is 0.137. The van der Waals surface area contributed by atoms with Gasteiger partial charge in [0.25, 0.3) is 0 Å². The highest BCUT2D eigenvalue weighted by Crippen LogP contribution is 2.30. The molecule has 0 radical (unpaired) electrons. The summed E-state index contributed by atoms with van der Waals surface area (Å²) in [6.07, 6.45) is 1.50. The Hall–Kier alpha value is -1.33. The smallest absolute Gasteiger partial charge is 0.184 e. The zero-order valence-electron chi connectivity index (χ0n) is 8.68. The van der Waals surface area contributed by atoms with E-state index in [0.29, 0.717) is 6.04 Å². The Bertz CT molecular complexity index is 519. The van der Waals surface area contributed by atoms with Gasteiger partial charge in [-0.05, 0) is 31.0 Å². The van der Waals surface area contributed by atoms with Gasteiger partial charge in [0.1, 0.15) is 0 Å². The third kappa shape index (κ3) is 1.72. The maximum Gasteiger partial charge on any atom is 0.184 e. The van der Waals surface area contributed by atoms with E-state index in [1.165, 1.54) is 0 Å². The third-order valence-corrected chi connectivity index (χ3v) is 3.80. The van der Waals surface area contributed by atoms with Crippen molar-refractivity contribution in [1.29, 1.82) is 0 Å². The molecule has 0 atom stereocenters. The fourth-order valence-corrected chi connectivity index (χ4v) is 2.87. The van der Waals surface area contributed by atoms with Crippen LogP contribution in [0.2, 0.25) is 0 Å². The highest BCUT2D eigenvalue weighted by atomic mass is 32.1. The topological polar surface area (TPSA) is 71.2 Å². The third-order valence-electron chi connectivity index (χ3n) is 2.85. The van der Waals surface area contributed by atoms with Gasteiger partial charge in [-0.15, -0.1) is 0 Å². The first-order valence-corrected chi connectivity index (χ1v) is 6.13. The summed E-state index contributed by atoms with van der Waals surface area (Å²) in [5.41, 5.74) is 7.45. The van der Waals surface area contributed by atoms with E-state index >= 15 is 0 Å². The second-order valence-corrected chi connectivity index (χ2v) is 5.24. The summed E-state index contributed by atoms with van der Waals surface area (Å²) in [5.74, 6) is 0. The van der Waals surface area contributed by atoms with Gasteiger partial charge >= 0.3 is 0 Å². The van der Waals surface area contributed by atoms with Crippen LogP contribution >= 0.6 is 11.3 Å². The lowest BCUT2D eigenvalue weighted by Gasteiger charge is -2.31. The van der Waals surface area contributed by atoms with E-state index in [2.05, 4.69) is 10.3 Å². The SMILES string of the molecule is Nc1ccc2nc(NC3CC(O)C3)sc2c1. The van der Waals surface area contributed by atoms with Gasteiger partial charge in [0.05, 0.1) is 16.3 Å². The van der Waals surface area contributed by atoms with Gasteiger partial charge in [0.15, 0.2) is 5.13 Å².